The van der Waals surface area contributed by atoms with Gasteiger partial charge >= 0.3 is 12.0 Å². The molecule has 23 heavy (non-hydrogen) atoms. The number of urea groups is 1. The molecule has 2 rings (SSSR count). The Morgan fingerprint density at radius 3 is 2.65 bits per heavy atom. The van der Waals surface area contributed by atoms with Gasteiger partial charge in [-0.05, 0) is 24.6 Å². The normalized spacial score (nSPS) is 14.5. The minimum Gasteiger partial charge on any atom is -0.469 e. The first-order chi connectivity index (χ1) is 11.1. The van der Waals surface area contributed by atoms with Crippen molar-refractivity contribution in [3.8, 4) is 0 Å². The predicted molar refractivity (Wildman–Crippen MR) is 89.9 cm³/mol. The number of carbonyl (C=O) groups excluding carboxylic acids is 2. The van der Waals surface area contributed by atoms with E-state index in [1.165, 1.54) is 7.11 Å². The number of carbonyl (C=O) groups is 2. The van der Waals surface area contributed by atoms with Gasteiger partial charge in [-0.25, -0.2) is 4.79 Å². The fraction of sp³-hybridized carbons (Fsp3) is 0.500. The SMILES string of the molecule is COC(=O)CCCNC(=O)N1CCN(c2cccc(Cl)c2)CC1. The summed E-state index contributed by atoms with van der Waals surface area (Å²) in [5, 5.41) is 3.55. The second-order valence-electron chi connectivity index (χ2n) is 5.37. The number of nitrogens with one attached hydrogen (secondary N) is 1. The number of halogens is 1. The number of methoxy groups -OCH3 is 1. The van der Waals surface area contributed by atoms with Gasteiger partial charge in [-0.3, -0.25) is 4.79 Å². The van der Waals surface area contributed by atoms with Crippen LogP contribution in [0, 0.1) is 0 Å². The van der Waals surface area contributed by atoms with E-state index < -0.39 is 0 Å². The Morgan fingerprint density at radius 1 is 1.26 bits per heavy atom. The monoisotopic (exact) mass is 339 g/mol. The summed E-state index contributed by atoms with van der Waals surface area (Å²) in [7, 11) is 1.36. The average molecular weight is 340 g/mol. The second-order valence-corrected chi connectivity index (χ2v) is 5.80. The van der Waals surface area contributed by atoms with E-state index in [4.69, 9.17) is 11.6 Å². The zero-order chi connectivity index (χ0) is 16.7. The van der Waals surface area contributed by atoms with Crippen LogP contribution in [0.1, 0.15) is 12.8 Å². The number of piperazine rings is 1. The molecule has 6 nitrogen and oxygen atoms in total. The molecule has 7 heteroatoms. The Bertz CT molecular complexity index is 545. The zero-order valence-corrected chi connectivity index (χ0v) is 14.0. The minimum absolute atomic E-state index is 0.0828. The van der Waals surface area contributed by atoms with Gasteiger partial charge in [0.15, 0.2) is 0 Å². The molecule has 0 bridgehead atoms. The smallest absolute Gasteiger partial charge is 0.317 e. The molecule has 0 radical (unpaired) electrons. The summed E-state index contributed by atoms with van der Waals surface area (Å²) in [4.78, 5) is 27.1. The molecule has 0 unspecified atom stereocenters. The first-order valence-electron chi connectivity index (χ1n) is 7.70. The fourth-order valence-electron chi connectivity index (χ4n) is 2.48. The van der Waals surface area contributed by atoms with Crippen LogP contribution in [0.25, 0.3) is 0 Å². The Hall–Kier alpha value is -1.95. The molecule has 1 aromatic rings. The van der Waals surface area contributed by atoms with Crippen molar-refractivity contribution in [3.05, 3.63) is 29.3 Å². The van der Waals surface area contributed by atoms with Gasteiger partial charge in [0.05, 0.1) is 7.11 Å². The van der Waals surface area contributed by atoms with Crippen molar-refractivity contribution in [2.75, 3.05) is 44.7 Å². The summed E-state index contributed by atoms with van der Waals surface area (Å²) in [6.07, 6.45) is 0.903. The molecule has 1 saturated heterocycles. The van der Waals surface area contributed by atoms with E-state index in [-0.39, 0.29) is 12.0 Å². The number of ether oxygens (including phenoxy) is 1. The largest absolute Gasteiger partial charge is 0.469 e. The van der Waals surface area contributed by atoms with Crippen LogP contribution >= 0.6 is 11.6 Å². The van der Waals surface area contributed by atoms with Gasteiger partial charge in [0.1, 0.15) is 0 Å². The first kappa shape index (κ1) is 17.4. The van der Waals surface area contributed by atoms with Crippen LogP contribution in [0.4, 0.5) is 10.5 Å². The van der Waals surface area contributed by atoms with Crippen LogP contribution < -0.4 is 10.2 Å². The highest BCUT2D eigenvalue weighted by atomic mass is 35.5. The van der Waals surface area contributed by atoms with Gasteiger partial charge in [0, 0.05) is 49.9 Å². The lowest BCUT2D eigenvalue weighted by molar-refractivity contribution is -0.140. The molecular weight excluding hydrogens is 318 g/mol. The van der Waals surface area contributed by atoms with E-state index in [9.17, 15) is 9.59 Å². The molecule has 2 amide bonds. The van der Waals surface area contributed by atoms with Crippen LogP contribution in [-0.4, -0.2) is 56.7 Å². The quantitative estimate of drug-likeness (QED) is 0.659. The molecule has 1 aromatic carbocycles. The standard InChI is InChI=1S/C16H22ClN3O3/c1-23-15(21)6-3-7-18-16(22)20-10-8-19(9-11-20)14-5-2-4-13(17)12-14/h2,4-5,12H,3,6-11H2,1H3,(H,18,22). The van der Waals surface area contributed by atoms with Gasteiger partial charge in [-0.15, -0.1) is 0 Å². The van der Waals surface area contributed by atoms with E-state index >= 15 is 0 Å². The van der Waals surface area contributed by atoms with Crippen LogP contribution in [0.2, 0.25) is 5.02 Å². The van der Waals surface area contributed by atoms with Crippen LogP contribution in [0.5, 0.6) is 0 Å². The molecular formula is C16H22ClN3O3. The Morgan fingerprint density at radius 2 is 2.00 bits per heavy atom. The number of benzene rings is 1. The van der Waals surface area contributed by atoms with Crippen molar-refractivity contribution >= 4 is 29.3 Å². The summed E-state index contributed by atoms with van der Waals surface area (Å²) in [5.41, 5.74) is 1.08. The summed E-state index contributed by atoms with van der Waals surface area (Å²) in [6.45, 7) is 3.35. The first-order valence-corrected chi connectivity index (χ1v) is 8.08. The number of amides is 2. The van der Waals surface area contributed by atoms with Gasteiger partial charge in [0.25, 0.3) is 0 Å². The summed E-state index contributed by atoms with van der Waals surface area (Å²) in [6, 6.07) is 7.65. The molecule has 0 aromatic heterocycles. The van der Waals surface area contributed by atoms with Crippen molar-refractivity contribution in [3.63, 3.8) is 0 Å². The predicted octanol–water partition coefficient (Wildman–Crippen LogP) is 2.12. The Labute approximate surface area is 141 Å². The maximum absolute atomic E-state index is 12.1. The molecule has 1 fully saturated rings. The van der Waals surface area contributed by atoms with Gasteiger partial charge < -0.3 is 19.9 Å². The van der Waals surface area contributed by atoms with Crippen molar-refractivity contribution < 1.29 is 14.3 Å². The number of nitrogens with zero attached hydrogens (tertiary/aromatic N) is 2. The number of esters is 1. The maximum atomic E-state index is 12.1. The van der Waals surface area contributed by atoms with Crippen LogP contribution in [0.15, 0.2) is 24.3 Å². The minimum atomic E-state index is -0.255. The number of rotatable bonds is 5. The topological polar surface area (TPSA) is 61.9 Å². The van der Waals surface area contributed by atoms with Gasteiger partial charge in [-0.2, -0.15) is 0 Å². The second kappa shape index (κ2) is 8.62. The molecule has 0 spiro atoms. The average Bonchev–Trinajstić information content (AvgIpc) is 2.58. The third-order valence-corrected chi connectivity index (χ3v) is 4.04. The van der Waals surface area contributed by atoms with Crippen molar-refractivity contribution in [1.29, 1.82) is 0 Å². The van der Waals surface area contributed by atoms with Crippen molar-refractivity contribution in [2.24, 2.45) is 0 Å². The molecule has 1 heterocycles. The molecule has 1 aliphatic rings. The molecule has 1 N–H and O–H groups in total. The van der Waals surface area contributed by atoms with Crippen LogP contribution in [0.3, 0.4) is 0 Å². The highest BCUT2D eigenvalue weighted by Crippen LogP contribution is 2.20. The van der Waals surface area contributed by atoms with E-state index in [0.29, 0.717) is 37.5 Å². The number of hydrogen-bond donors (Lipinski definition) is 1. The number of anilines is 1. The summed E-state index contributed by atoms with van der Waals surface area (Å²) in [5.74, 6) is -0.255. The highest BCUT2D eigenvalue weighted by Gasteiger charge is 2.21. The molecule has 126 valence electrons. The fourth-order valence-corrected chi connectivity index (χ4v) is 2.67. The molecule has 0 atom stereocenters. The number of hydrogen-bond acceptors (Lipinski definition) is 4. The Balaban J connectivity index is 1.71. The lowest BCUT2D eigenvalue weighted by Gasteiger charge is -2.36. The lowest BCUT2D eigenvalue weighted by Crippen LogP contribution is -2.52. The maximum Gasteiger partial charge on any atom is 0.317 e. The molecule has 0 aliphatic carbocycles. The van der Waals surface area contributed by atoms with E-state index in [1.54, 1.807) is 4.90 Å². The van der Waals surface area contributed by atoms with E-state index in [0.717, 1.165) is 18.8 Å². The summed E-state index contributed by atoms with van der Waals surface area (Å²) >= 11 is 6.01. The van der Waals surface area contributed by atoms with Crippen LogP contribution in [-0.2, 0) is 9.53 Å². The zero-order valence-electron chi connectivity index (χ0n) is 13.3. The van der Waals surface area contributed by atoms with Gasteiger partial charge in [0.2, 0.25) is 0 Å². The lowest BCUT2D eigenvalue weighted by atomic mass is 10.2. The molecule has 0 saturated carbocycles. The van der Waals surface area contributed by atoms with E-state index in [1.807, 2.05) is 24.3 Å². The van der Waals surface area contributed by atoms with Gasteiger partial charge in [-0.1, -0.05) is 17.7 Å². The summed E-state index contributed by atoms with van der Waals surface area (Å²) < 4.78 is 4.56. The molecule has 1 aliphatic heterocycles. The van der Waals surface area contributed by atoms with Crippen molar-refractivity contribution in [2.45, 2.75) is 12.8 Å². The van der Waals surface area contributed by atoms with E-state index in [2.05, 4.69) is 15.0 Å². The Kier molecular flexibility index (Phi) is 6.52. The third-order valence-electron chi connectivity index (χ3n) is 3.80. The highest BCUT2D eigenvalue weighted by molar-refractivity contribution is 6.30. The third kappa shape index (κ3) is 5.32. The van der Waals surface area contributed by atoms with Crippen molar-refractivity contribution in [1.82, 2.24) is 10.2 Å².